The van der Waals surface area contributed by atoms with Gasteiger partial charge in [-0.15, -0.1) is 0 Å². The van der Waals surface area contributed by atoms with E-state index in [0.29, 0.717) is 27.9 Å². The zero-order chi connectivity index (χ0) is 25.6. The van der Waals surface area contributed by atoms with Crippen LogP contribution in [0.15, 0.2) is 50.5 Å². The summed E-state index contributed by atoms with van der Waals surface area (Å²) in [5, 5.41) is 4.33. The molecule has 13 heteroatoms. The largest absolute Gasteiger partial charge is 0.408 e. The number of aliphatic imine (C=N–C) groups is 1. The normalized spacial score (nSPS) is 22.3. The third-order valence-electron chi connectivity index (χ3n) is 5.58. The molecule has 186 valence electrons. The third kappa shape index (κ3) is 5.22. The Morgan fingerprint density at radius 1 is 1.17 bits per heavy atom. The first-order valence-electron chi connectivity index (χ1n) is 10.3. The first-order valence-corrected chi connectivity index (χ1v) is 12.1. The van der Waals surface area contributed by atoms with Crippen molar-refractivity contribution in [2.75, 3.05) is 12.3 Å². The van der Waals surface area contributed by atoms with Gasteiger partial charge in [0.15, 0.2) is 17.3 Å². The molecule has 0 radical (unpaired) electrons. The van der Waals surface area contributed by atoms with Gasteiger partial charge in [-0.1, -0.05) is 27.4 Å². The Balaban J connectivity index is 1.73. The van der Waals surface area contributed by atoms with Gasteiger partial charge < -0.3 is 10.3 Å². The Kier molecular flexibility index (Phi) is 6.47. The van der Waals surface area contributed by atoms with E-state index in [1.54, 1.807) is 26.8 Å². The van der Waals surface area contributed by atoms with Crippen LogP contribution in [-0.2, 0) is 16.2 Å². The minimum absolute atomic E-state index is 0.0669. The first-order chi connectivity index (χ1) is 16.3. The molecule has 1 unspecified atom stereocenters. The fourth-order valence-corrected chi connectivity index (χ4v) is 5.76. The van der Waals surface area contributed by atoms with Gasteiger partial charge in [-0.3, -0.25) is 9.36 Å². The predicted molar refractivity (Wildman–Crippen MR) is 127 cm³/mol. The lowest BCUT2D eigenvalue weighted by molar-refractivity contribution is -0.117. The van der Waals surface area contributed by atoms with Crippen LogP contribution in [0.2, 0.25) is 5.02 Å². The number of aromatic nitrogens is 3. The third-order valence-corrected chi connectivity index (χ3v) is 8.44. The van der Waals surface area contributed by atoms with E-state index in [1.165, 1.54) is 30.6 Å². The first kappa shape index (κ1) is 25.2. The van der Waals surface area contributed by atoms with Gasteiger partial charge in [-0.25, -0.2) is 14.4 Å². The lowest BCUT2D eigenvalue weighted by atomic mass is 9.91. The molecule has 2 aromatic heterocycles. The summed E-state index contributed by atoms with van der Waals surface area (Å²) in [7, 11) is -1.16. The molecule has 0 saturated heterocycles. The van der Waals surface area contributed by atoms with E-state index >= 15 is 4.39 Å². The van der Waals surface area contributed by atoms with Crippen LogP contribution in [0.1, 0.15) is 26.3 Å². The maximum absolute atomic E-state index is 15.0. The molecule has 0 fully saturated rings. The van der Waals surface area contributed by atoms with Crippen LogP contribution >= 0.6 is 11.6 Å². The molecule has 35 heavy (non-hydrogen) atoms. The highest BCUT2D eigenvalue weighted by Crippen LogP contribution is 2.39. The summed E-state index contributed by atoms with van der Waals surface area (Å²) >= 11 is 5.81. The SMILES string of the molecule is CC1(C)C(N)=N[C@](C)(c2cc(-c3cc(-c4ncc(Cl)cn4)no3)ccc2F)C/S1=N\CC(F)(F)F. The molecular weight excluding hydrogens is 508 g/mol. The maximum Gasteiger partial charge on any atom is 0.408 e. The van der Waals surface area contributed by atoms with Crippen molar-refractivity contribution in [2.45, 2.75) is 37.2 Å². The number of halogens is 5. The highest BCUT2D eigenvalue weighted by atomic mass is 35.5. The van der Waals surface area contributed by atoms with Gasteiger partial charge in [-0.05, 0) is 39.0 Å². The number of alkyl halides is 3. The number of rotatable bonds is 4. The van der Waals surface area contributed by atoms with Crippen molar-refractivity contribution in [1.29, 1.82) is 0 Å². The van der Waals surface area contributed by atoms with Crippen molar-refractivity contribution in [2.24, 2.45) is 15.1 Å². The lowest BCUT2D eigenvalue weighted by Gasteiger charge is -2.40. The van der Waals surface area contributed by atoms with E-state index in [9.17, 15) is 13.2 Å². The van der Waals surface area contributed by atoms with Gasteiger partial charge in [0.2, 0.25) is 0 Å². The summed E-state index contributed by atoms with van der Waals surface area (Å²) in [6.45, 7) is 3.71. The molecular formula is C22H21ClF4N6OS. The smallest absolute Gasteiger partial charge is 0.386 e. The second-order valence-corrected chi connectivity index (χ2v) is 11.4. The van der Waals surface area contributed by atoms with E-state index in [2.05, 4.69) is 24.5 Å². The molecule has 0 amide bonds. The molecule has 1 aliphatic rings. The summed E-state index contributed by atoms with van der Waals surface area (Å²) in [4.78, 5) is 12.7. The highest BCUT2D eigenvalue weighted by Gasteiger charge is 2.43. The van der Waals surface area contributed by atoms with Crippen molar-refractivity contribution >= 4 is 28.1 Å². The number of nitrogens with zero attached hydrogens (tertiary/aromatic N) is 5. The molecule has 0 saturated carbocycles. The topological polar surface area (TPSA) is 103 Å². The Morgan fingerprint density at radius 2 is 1.86 bits per heavy atom. The van der Waals surface area contributed by atoms with E-state index < -0.39 is 39.5 Å². The second kappa shape index (κ2) is 8.98. The fourth-order valence-electron chi connectivity index (χ4n) is 3.55. The van der Waals surface area contributed by atoms with Gasteiger partial charge in [0.05, 0.1) is 15.3 Å². The molecule has 3 heterocycles. The van der Waals surface area contributed by atoms with E-state index in [0.717, 1.165) is 0 Å². The summed E-state index contributed by atoms with van der Waals surface area (Å²) in [5.74, 6) is 0.218. The van der Waals surface area contributed by atoms with Crippen molar-refractivity contribution in [3.8, 4) is 22.8 Å². The molecule has 0 aliphatic carbocycles. The Morgan fingerprint density at radius 3 is 2.51 bits per heavy atom. The Hall–Kier alpha value is -2.86. The monoisotopic (exact) mass is 528 g/mol. The van der Waals surface area contributed by atoms with Crippen LogP contribution in [0.4, 0.5) is 17.6 Å². The number of nitrogens with two attached hydrogens (primary N) is 1. The van der Waals surface area contributed by atoms with Crippen molar-refractivity contribution < 1.29 is 22.1 Å². The summed E-state index contributed by atoms with van der Waals surface area (Å²) in [6, 6.07) is 5.87. The van der Waals surface area contributed by atoms with E-state index in [4.69, 9.17) is 21.9 Å². The molecule has 7 nitrogen and oxygen atoms in total. The molecule has 2 atom stereocenters. The lowest BCUT2D eigenvalue weighted by Crippen LogP contribution is -2.52. The average Bonchev–Trinajstić information content (AvgIpc) is 3.26. The fraction of sp³-hybridized carbons (Fsp3) is 0.364. The predicted octanol–water partition coefficient (Wildman–Crippen LogP) is 5.32. The number of benzene rings is 1. The molecule has 0 spiro atoms. The molecule has 1 aliphatic heterocycles. The molecule has 4 rings (SSSR count). The van der Waals surface area contributed by atoms with Gasteiger partial charge in [-0.2, -0.15) is 13.2 Å². The van der Waals surface area contributed by atoms with E-state index in [-0.39, 0.29) is 17.2 Å². The van der Waals surface area contributed by atoms with Crippen LogP contribution in [0, 0.1) is 5.82 Å². The van der Waals surface area contributed by atoms with Gasteiger partial charge in [0, 0.05) is 35.3 Å². The van der Waals surface area contributed by atoms with Gasteiger partial charge in [0.25, 0.3) is 0 Å². The Bertz CT molecular complexity index is 1320. The van der Waals surface area contributed by atoms with Gasteiger partial charge >= 0.3 is 6.18 Å². The standard InChI is InChI=1S/C22H21ClF4N6OS/c1-20(2)19(28)32-21(3,11-35(20)31-10-22(25,26)27)14-6-12(4-5-15(14)24)17-7-16(33-34-17)18-29-8-13(23)9-30-18/h4-9H,10-11H2,1-3H3,(H2,28,32)/t21-,35?/m0/s1. The molecule has 3 aromatic rings. The minimum Gasteiger partial charge on any atom is -0.386 e. The minimum atomic E-state index is -4.45. The molecule has 2 N–H and O–H groups in total. The van der Waals surface area contributed by atoms with Crippen molar-refractivity contribution in [1.82, 2.24) is 15.1 Å². The van der Waals surface area contributed by atoms with Crippen LogP contribution in [0.5, 0.6) is 0 Å². The second-order valence-electron chi connectivity index (χ2n) is 8.69. The number of hydrogen-bond acceptors (Lipinski definition) is 7. The Labute approximate surface area is 205 Å². The quantitative estimate of drug-likeness (QED) is 0.462. The van der Waals surface area contributed by atoms with Crippen LogP contribution in [-0.4, -0.2) is 44.2 Å². The molecule has 0 bridgehead atoms. The van der Waals surface area contributed by atoms with Crippen LogP contribution in [0.25, 0.3) is 22.8 Å². The summed E-state index contributed by atoms with van der Waals surface area (Å²) in [6.07, 6.45) is -1.61. The van der Waals surface area contributed by atoms with Crippen molar-refractivity contribution in [3.05, 3.63) is 53.1 Å². The van der Waals surface area contributed by atoms with Crippen molar-refractivity contribution in [3.63, 3.8) is 0 Å². The number of amidine groups is 1. The van der Waals surface area contributed by atoms with Crippen LogP contribution < -0.4 is 5.73 Å². The zero-order valence-electron chi connectivity index (χ0n) is 18.9. The maximum atomic E-state index is 15.0. The highest BCUT2D eigenvalue weighted by molar-refractivity contribution is 7.89. The number of hydrogen-bond donors (Lipinski definition) is 1. The van der Waals surface area contributed by atoms with Gasteiger partial charge in [0.1, 0.15) is 18.2 Å². The summed E-state index contributed by atoms with van der Waals surface area (Å²) in [5.41, 5.74) is 5.94. The van der Waals surface area contributed by atoms with Crippen LogP contribution in [0.3, 0.4) is 0 Å². The molecule has 1 aromatic carbocycles. The van der Waals surface area contributed by atoms with E-state index in [1.807, 2.05) is 0 Å². The summed E-state index contributed by atoms with van der Waals surface area (Å²) < 4.78 is 62.1. The average molecular weight is 529 g/mol. The zero-order valence-corrected chi connectivity index (χ0v) is 20.5.